The zero-order valence-corrected chi connectivity index (χ0v) is 14.2. The van der Waals surface area contributed by atoms with E-state index in [1.54, 1.807) is 0 Å². The second-order valence-corrected chi connectivity index (χ2v) is 7.25. The highest BCUT2D eigenvalue weighted by Gasteiger charge is 2.23. The van der Waals surface area contributed by atoms with Crippen molar-refractivity contribution >= 4 is 17.4 Å². The van der Waals surface area contributed by atoms with Crippen molar-refractivity contribution in [2.75, 3.05) is 5.32 Å². The van der Waals surface area contributed by atoms with Crippen molar-refractivity contribution in [3.05, 3.63) is 29.8 Å². The highest BCUT2D eigenvalue weighted by molar-refractivity contribution is 5.81. The summed E-state index contributed by atoms with van der Waals surface area (Å²) in [4.78, 5) is 12.1. The van der Waals surface area contributed by atoms with Crippen LogP contribution in [0.5, 0.6) is 5.75 Å². The number of hydrogen-bond donors (Lipinski definition) is 2. The van der Waals surface area contributed by atoms with E-state index in [9.17, 15) is 4.79 Å². The smallest absolute Gasteiger partial charge is 0.410 e. The number of allylic oxidation sites excluding steroid dienone is 1. The van der Waals surface area contributed by atoms with Gasteiger partial charge in [0, 0.05) is 17.3 Å². The zero-order valence-electron chi connectivity index (χ0n) is 14.2. The van der Waals surface area contributed by atoms with Gasteiger partial charge in [0.2, 0.25) is 0 Å². The lowest BCUT2D eigenvalue weighted by atomic mass is 9.91. The molecule has 124 valence electrons. The summed E-state index contributed by atoms with van der Waals surface area (Å²) in [5, 5.41) is 6.46. The van der Waals surface area contributed by atoms with Gasteiger partial charge in [0.05, 0.1) is 5.54 Å². The Morgan fingerprint density at radius 2 is 2.00 bits per heavy atom. The Bertz CT molecular complexity index is 628. The number of carbonyl (C=O) groups is 1. The molecule has 2 aliphatic rings. The van der Waals surface area contributed by atoms with E-state index in [-0.39, 0.29) is 17.7 Å². The maximum absolute atomic E-state index is 12.1. The third-order valence-corrected chi connectivity index (χ3v) is 4.59. The second kappa shape index (κ2) is 6.26. The molecule has 1 fully saturated rings. The lowest BCUT2D eigenvalue weighted by Gasteiger charge is -2.31. The van der Waals surface area contributed by atoms with Crippen molar-refractivity contribution in [1.82, 2.24) is 5.32 Å². The molecule has 1 saturated carbocycles. The van der Waals surface area contributed by atoms with E-state index in [1.165, 1.54) is 24.8 Å². The van der Waals surface area contributed by atoms with E-state index in [0.717, 1.165) is 24.1 Å². The predicted octanol–water partition coefficient (Wildman–Crippen LogP) is 4.72. The van der Waals surface area contributed by atoms with Crippen LogP contribution in [-0.4, -0.2) is 17.7 Å². The normalized spacial score (nSPS) is 20.0. The molecule has 1 aromatic rings. The molecular formula is C19H26N2O2. The minimum atomic E-state index is -0.345. The van der Waals surface area contributed by atoms with Crippen molar-refractivity contribution in [2.45, 2.75) is 64.5 Å². The lowest BCUT2D eigenvalue weighted by Crippen LogP contribution is -2.38. The molecule has 3 rings (SSSR count). The number of anilines is 1. The van der Waals surface area contributed by atoms with E-state index < -0.39 is 0 Å². The van der Waals surface area contributed by atoms with Crippen molar-refractivity contribution in [3.8, 4) is 5.75 Å². The molecule has 4 nitrogen and oxygen atoms in total. The number of hydrogen-bond acceptors (Lipinski definition) is 3. The molecular weight excluding hydrogens is 288 g/mol. The topological polar surface area (TPSA) is 50.4 Å². The van der Waals surface area contributed by atoms with Crippen molar-refractivity contribution in [3.63, 3.8) is 0 Å². The molecule has 0 bridgehead atoms. The minimum absolute atomic E-state index is 0.0577. The zero-order chi connectivity index (χ0) is 16.4. The molecule has 4 heteroatoms. The first-order chi connectivity index (χ1) is 10.9. The summed E-state index contributed by atoms with van der Waals surface area (Å²) < 4.78 is 5.48. The molecule has 1 aliphatic carbocycles. The molecule has 1 heterocycles. The standard InChI is InChI=1S/C19H26N2O2/c1-13-12-19(2,3)21-17-10-9-15(11-16(13)17)23-18(22)20-14-7-5-4-6-8-14/h9-12,14,21H,4-8H2,1-3H3,(H,20,22). The van der Waals surface area contributed by atoms with Gasteiger partial charge < -0.3 is 15.4 Å². The Morgan fingerprint density at radius 3 is 2.74 bits per heavy atom. The van der Waals surface area contributed by atoms with Crippen LogP contribution in [0.25, 0.3) is 5.57 Å². The van der Waals surface area contributed by atoms with Gasteiger partial charge in [-0.25, -0.2) is 4.79 Å². The summed E-state index contributed by atoms with van der Waals surface area (Å²) in [7, 11) is 0. The summed E-state index contributed by atoms with van der Waals surface area (Å²) in [6.07, 6.45) is 7.61. The van der Waals surface area contributed by atoms with Crippen molar-refractivity contribution in [2.24, 2.45) is 0 Å². The minimum Gasteiger partial charge on any atom is -0.410 e. The highest BCUT2D eigenvalue weighted by Crippen LogP contribution is 2.35. The summed E-state index contributed by atoms with van der Waals surface area (Å²) in [6, 6.07) is 6.03. The molecule has 0 spiro atoms. The van der Waals surface area contributed by atoms with Gasteiger partial charge in [0.25, 0.3) is 0 Å². The van der Waals surface area contributed by atoms with E-state index in [1.807, 2.05) is 18.2 Å². The number of benzene rings is 1. The van der Waals surface area contributed by atoms with Crippen LogP contribution in [0.1, 0.15) is 58.4 Å². The Morgan fingerprint density at radius 1 is 1.26 bits per heavy atom. The van der Waals surface area contributed by atoms with Gasteiger partial charge in [0.1, 0.15) is 5.75 Å². The van der Waals surface area contributed by atoms with E-state index >= 15 is 0 Å². The summed E-state index contributed by atoms with van der Waals surface area (Å²) in [5.74, 6) is 0.589. The number of nitrogens with one attached hydrogen (secondary N) is 2. The van der Waals surface area contributed by atoms with E-state index in [4.69, 9.17) is 4.74 Å². The first-order valence-electron chi connectivity index (χ1n) is 8.53. The number of amides is 1. The average Bonchev–Trinajstić information content (AvgIpc) is 2.48. The fourth-order valence-corrected chi connectivity index (χ4v) is 3.57. The number of fused-ring (bicyclic) bond motifs is 1. The average molecular weight is 314 g/mol. The van der Waals surface area contributed by atoms with Crippen molar-refractivity contribution < 1.29 is 9.53 Å². The Balaban J connectivity index is 1.68. The Labute approximate surface area is 138 Å². The van der Waals surface area contributed by atoms with Gasteiger partial charge in [-0.2, -0.15) is 0 Å². The molecule has 0 atom stereocenters. The molecule has 0 saturated heterocycles. The third-order valence-electron chi connectivity index (χ3n) is 4.59. The van der Waals surface area contributed by atoms with Crippen LogP contribution in [0.3, 0.4) is 0 Å². The number of carbonyl (C=O) groups excluding carboxylic acids is 1. The van der Waals surface area contributed by atoms with E-state index in [0.29, 0.717) is 5.75 Å². The predicted molar refractivity (Wildman–Crippen MR) is 93.8 cm³/mol. The van der Waals surface area contributed by atoms with Crippen LogP contribution in [0.4, 0.5) is 10.5 Å². The number of ether oxygens (including phenoxy) is 1. The molecule has 1 amide bonds. The number of rotatable bonds is 2. The third kappa shape index (κ3) is 3.87. The second-order valence-electron chi connectivity index (χ2n) is 7.25. The van der Waals surface area contributed by atoms with Gasteiger partial charge in [0.15, 0.2) is 0 Å². The summed E-state index contributed by atoms with van der Waals surface area (Å²) in [5.41, 5.74) is 3.31. The van der Waals surface area contributed by atoms with Crippen LogP contribution >= 0.6 is 0 Å². The van der Waals surface area contributed by atoms with Crippen LogP contribution in [-0.2, 0) is 0 Å². The molecule has 2 N–H and O–H groups in total. The fraction of sp³-hybridized carbons (Fsp3) is 0.526. The summed E-state index contributed by atoms with van der Waals surface area (Å²) in [6.45, 7) is 6.37. The Hall–Kier alpha value is -1.97. The van der Waals surface area contributed by atoms with Crippen LogP contribution in [0, 0.1) is 0 Å². The fourth-order valence-electron chi connectivity index (χ4n) is 3.57. The molecule has 1 aromatic carbocycles. The quantitative estimate of drug-likeness (QED) is 0.831. The van der Waals surface area contributed by atoms with E-state index in [2.05, 4.69) is 37.5 Å². The maximum atomic E-state index is 12.1. The molecule has 0 unspecified atom stereocenters. The summed E-state index contributed by atoms with van der Waals surface area (Å²) >= 11 is 0. The monoisotopic (exact) mass is 314 g/mol. The van der Waals surface area contributed by atoms with Crippen LogP contribution in [0.15, 0.2) is 24.3 Å². The molecule has 23 heavy (non-hydrogen) atoms. The van der Waals surface area contributed by atoms with Gasteiger partial charge in [-0.15, -0.1) is 0 Å². The first kappa shape index (κ1) is 15.9. The molecule has 1 aliphatic heterocycles. The lowest BCUT2D eigenvalue weighted by molar-refractivity contribution is 0.192. The first-order valence-corrected chi connectivity index (χ1v) is 8.53. The van der Waals surface area contributed by atoms with Gasteiger partial charge >= 0.3 is 6.09 Å². The largest absolute Gasteiger partial charge is 0.412 e. The molecule has 0 aromatic heterocycles. The molecule has 0 radical (unpaired) electrons. The van der Waals surface area contributed by atoms with Gasteiger partial charge in [-0.05, 0) is 57.4 Å². The van der Waals surface area contributed by atoms with Crippen LogP contribution < -0.4 is 15.4 Å². The highest BCUT2D eigenvalue weighted by atomic mass is 16.6. The van der Waals surface area contributed by atoms with Gasteiger partial charge in [-0.1, -0.05) is 25.3 Å². The van der Waals surface area contributed by atoms with Crippen LogP contribution in [0.2, 0.25) is 0 Å². The SMILES string of the molecule is CC1=CC(C)(C)Nc2ccc(OC(=O)NC3CCCCC3)cc21. The maximum Gasteiger partial charge on any atom is 0.412 e. The van der Waals surface area contributed by atoms with Crippen molar-refractivity contribution in [1.29, 1.82) is 0 Å². The van der Waals surface area contributed by atoms with Gasteiger partial charge in [-0.3, -0.25) is 0 Å². The Kier molecular flexibility index (Phi) is 4.33.